The summed E-state index contributed by atoms with van der Waals surface area (Å²) in [5.41, 5.74) is 0.681. The van der Waals surface area contributed by atoms with Crippen molar-refractivity contribution >= 4 is 28.9 Å². The number of anilines is 1. The molecule has 2 heterocycles. The van der Waals surface area contributed by atoms with Gasteiger partial charge >= 0.3 is 0 Å². The normalized spacial score (nSPS) is 25.8. The lowest BCUT2D eigenvalue weighted by molar-refractivity contribution is -0.132. The van der Waals surface area contributed by atoms with Crippen LogP contribution in [0.3, 0.4) is 0 Å². The molecule has 26 heavy (non-hydrogen) atoms. The number of thiocarbonyl (C=S) groups is 1. The zero-order valence-electron chi connectivity index (χ0n) is 14.4. The predicted octanol–water partition coefficient (Wildman–Crippen LogP) is 2.58. The largest absolute Gasteiger partial charge is 0.497 e. The summed E-state index contributed by atoms with van der Waals surface area (Å²) in [4.78, 5) is 13.1. The van der Waals surface area contributed by atoms with Crippen molar-refractivity contribution in [2.75, 3.05) is 12.4 Å². The number of hydrogen-bond donors (Lipinski definition) is 3. The van der Waals surface area contributed by atoms with Crippen LogP contribution < -0.4 is 25.4 Å². The number of fused-ring (bicyclic) bond motifs is 4. The van der Waals surface area contributed by atoms with Crippen LogP contribution in [0.5, 0.6) is 11.5 Å². The fourth-order valence-electron chi connectivity index (χ4n) is 3.58. The molecule has 0 aliphatic carbocycles. The highest BCUT2D eigenvalue weighted by Gasteiger charge is 2.54. The lowest BCUT2D eigenvalue weighted by Crippen LogP contribution is -2.70. The van der Waals surface area contributed by atoms with Gasteiger partial charge in [0.2, 0.25) is 5.91 Å². The number of carbonyl (C=O) groups is 1. The first-order valence-electron chi connectivity index (χ1n) is 8.32. The number of rotatable bonds is 3. The third kappa shape index (κ3) is 2.74. The van der Waals surface area contributed by atoms with Crippen LogP contribution in [0, 0.1) is 5.92 Å². The van der Waals surface area contributed by atoms with E-state index in [1.165, 1.54) is 0 Å². The van der Waals surface area contributed by atoms with Crippen LogP contribution in [0.2, 0.25) is 0 Å². The molecule has 0 spiro atoms. The number of benzene rings is 2. The molecule has 2 aliphatic rings. The topological polar surface area (TPSA) is 71.6 Å². The number of ether oxygens (including phenoxy) is 2. The number of amides is 1. The minimum Gasteiger partial charge on any atom is -0.497 e. The summed E-state index contributed by atoms with van der Waals surface area (Å²) in [5, 5.41) is 9.78. The molecule has 0 radical (unpaired) electrons. The van der Waals surface area contributed by atoms with E-state index in [-0.39, 0.29) is 11.9 Å². The molecule has 6 nitrogen and oxygen atoms in total. The minimum absolute atomic E-state index is 0.153. The Bertz CT molecular complexity index is 871. The molecule has 1 amide bonds. The summed E-state index contributed by atoms with van der Waals surface area (Å²) in [5.74, 6) is 0.817. The molecule has 134 valence electrons. The fraction of sp³-hybridized carbons (Fsp3) is 0.263. The quantitative estimate of drug-likeness (QED) is 0.723. The zero-order valence-corrected chi connectivity index (χ0v) is 15.2. The summed E-state index contributed by atoms with van der Waals surface area (Å²) in [6.07, 6.45) is 0. The summed E-state index contributed by atoms with van der Waals surface area (Å²) >= 11 is 5.31. The molecule has 7 heteroatoms. The van der Waals surface area contributed by atoms with Gasteiger partial charge < -0.3 is 25.4 Å². The Morgan fingerprint density at radius 1 is 1.23 bits per heavy atom. The van der Waals surface area contributed by atoms with Gasteiger partial charge in [0.05, 0.1) is 13.2 Å². The predicted molar refractivity (Wildman–Crippen MR) is 102 cm³/mol. The maximum absolute atomic E-state index is 13.1. The van der Waals surface area contributed by atoms with E-state index >= 15 is 0 Å². The maximum Gasteiger partial charge on any atom is 0.236 e. The molecule has 2 aromatic carbocycles. The second kappa shape index (κ2) is 6.17. The molecular formula is C19H19N3O3S. The number of para-hydroxylation sites is 1. The van der Waals surface area contributed by atoms with E-state index in [0.29, 0.717) is 10.8 Å². The van der Waals surface area contributed by atoms with Crippen LogP contribution in [0.15, 0.2) is 48.5 Å². The lowest BCUT2D eigenvalue weighted by atomic mass is 9.80. The highest BCUT2D eigenvalue weighted by molar-refractivity contribution is 7.80. The van der Waals surface area contributed by atoms with E-state index in [1.54, 1.807) is 31.4 Å². The first-order chi connectivity index (χ1) is 12.5. The lowest BCUT2D eigenvalue weighted by Gasteiger charge is -2.50. The van der Waals surface area contributed by atoms with Crippen molar-refractivity contribution in [3.63, 3.8) is 0 Å². The Balaban J connectivity index is 1.66. The fourth-order valence-corrected chi connectivity index (χ4v) is 3.91. The maximum atomic E-state index is 13.1. The summed E-state index contributed by atoms with van der Waals surface area (Å²) in [6.45, 7) is 1.85. The second-order valence-electron chi connectivity index (χ2n) is 6.52. The monoisotopic (exact) mass is 369 g/mol. The Hall–Kier alpha value is -2.80. The highest BCUT2D eigenvalue weighted by Crippen LogP contribution is 2.44. The van der Waals surface area contributed by atoms with Gasteiger partial charge in [-0.05, 0) is 49.5 Å². The van der Waals surface area contributed by atoms with Gasteiger partial charge in [-0.25, -0.2) is 0 Å². The Morgan fingerprint density at radius 3 is 2.69 bits per heavy atom. The zero-order chi connectivity index (χ0) is 18.3. The van der Waals surface area contributed by atoms with Crippen LogP contribution in [0.1, 0.15) is 18.5 Å². The Kier molecular flexibility index (Phi) is 3.96. The molecule has 2 aliphatic heterocycles. The molecule has 0 saturated carbocycles. The van der Waals surface area contributed by atoms with E-state index < -0.39 is 11.6 Å². The first-order valence-corrected chi connectivity index (χ1v) is 8.72. The van der Waals surface area contributed by atoms with E-state index in [1.807, 2.05) is 31.2 Å². The summed E-state index contributed by atoms with van der Waals surface area (Å²) in [6, 6.07) is 14.6. The standard InChI is InChI=1S/C19H19N3O3S/c1-19-15(17(23)20-11-7-9-12(24-2)10-8-11)16(21-18(26)22-19)13-5-3-4-6-14(13)25-19/h3-10,15-16H,1-2H3,(H,20,23)(H2,21,22,26). The van der Waals surface area contributed by atoms with Crippen molar-refractivity contribution in [1.82, 2.24) is 10.6 Å². The first kappa shape index (κ1) is 16.7. The molecule has 3 N–H and O–H groups in total. The van der Waals surface area contributed by atoms with Crippen LogP contribution in [-0.2, 0) is 4.79 Å². The number of carbonyl (C=O) groups excluding carboxylic acids is 1. The van der Waals surface area contributed by atoms with Crippen molar-refractivity contribution in [3.05, 3.63) is 54.1 Å². The molecular weight excluding hydrogens is 350 g/mol. The minimum atomic E-state index is -0.933. The molecule has 2 aromatic rings. The molecule has 2 bridgehead atoms. The van der Waals surface area contributed by atoms with Gasteiger partial charge in [-0.1, -0.05) is 18.2 Å². The number of methoxy groups -OCH3 is 1. The van der Waals surface area contributed by atoms with Gasteiger partial charge in [-0.3, -0.25) is 4.79 Å². The van der Waals surface area contributed by atoms with Crippen molar-refractivity contribution in [2.24, 2.45) is 5.92 Å². The van der Waals surface area contributed by atoms with Gasteiger partial charge in [0, 0.05) is 11.3 Å². The van der Waals surface area contributed by atoms with Crippen LogP contribution in [0.4, 0.5) is 5.69 Å². The SMILES string of the molecule is COc1ccc(NC(=O)C2C3NC(=S)NC2(C)Oc2ccccc23)cc1. The van der Waals surface area contributed by atoms with E-state index in [4.69, 9.17) is 21.7 Å². The van der Waals surface area contributed by atoms with Gasteiger partial charge in [0.25, 0.3) is 0 Å². The summed E-state index contributed by atoms with van der Waals surface area (Å²) < 4.78 is 11.3. The third-order valence-electron chi connectivity index (χ3n) is 4.79. The Labute approximate surface area is 156 Å². The van der Waals surface area contributed by atoms with Crippen molar-refractivity contribution < 1.29 is 14.3 Å². The number of hydrogen-bond acceptors (Lipinski definition) is 4. The van der Waals surface area contributed by atoms with Gasteiger partial charge in [-0.15, -0.1) is 0 Å². The van der Waals surface area contributed by atoms with E-state index in [2.05, 4.69) is 16.0 Å². The molecule has 1 saturated heterocycles. The van der Waals surface area contributed by atoms with Gasteiger partial charge in [-0.2, -0.15) is 0 Å². The van der Waals surface area contributed by atoms with E-state index in [0.717, 1.165) is 17.1 Å². The third-order valence-corrected chi connectivity index (χ3v) is 5.01. The van der Waals surface area contributed by atoms with Crippen molar-refractivity contribution in [3.8, 4) is 11.5 Å². The summed E-state index contributed by atoms with van der Waals surface area (Å²) in [7, 11) is 1.60. The second-order valence-corrected chi connectivity index (χ2v) is 6.93. The number of nitrogens with one attached hydrogen (secondary N) is 3. The van der Waals surface area contributed by atoms with Crippen molar-refractivity contribution in [1.29, 1.82) is 0 Å². The van der Waals surface area contributed by atoms with Crippen LogP contribution in [0.25, 0.3) is 0 Å². The smallest absolute Gasteiger partial charge is 0.236 e. The van der Waals surface area contributed by atoms with Crippen LogP contribution in [-0.4, -0.2) is 23.9 Å². The molecule has 0 aromatic heterocycles. The molecule has 4 rings (SSSR count). The molecule has 3 atom stereocenters. The molecule has 1 fully saturated rings. The van der Waals surface area contributed by atoms with Crippen LogP contribution >= 0.6 is 12.2 Å². The van der Waals surface area contributed by atoms with E-state index in [9.17, 15) is 4.79 Å². The van der Waals surface area contributed by atoms with Crippen molar-refractivity contribution in [2.45, 2.75) is 18.7 Å². The average Bonchev–Trinajstić information content (AvgIpc) is 2.61. The van der Waals surface area contributed by atoms with Gasteiger partial charge in [0.15, 0.2) is 10.8 Å². The van der Waals surface area contributed by atoms with Gasteiger partial charge in [0.1, 0.15) is 17.4 Å². The molecule has 3 unspecified atom stereocenters. The average molecular weight is 369 g/mol. The highest BCUT2D eigenvalue weighted by atomic mass is 32.1. The Morgan fingerprint density at radius 2 is 1.96 bits per heavy atom.